The second-order valence-corrected chi connectivity index (χ2v) is 15.4. The molecule has 3 atom stereocenters. The van der Waals surface area contributed by atoms with Gasteiger partial charge in [-0.1, -0.05) is 0 Å². The van der Waals surface area contributed by atoms with Gasteiger partial charge in [0.15, 0.2) is 11.6 Å². The van der Waals surface area contributed by atoms with Gasteiger partial charge in [-0.2, -0.15) is 0 Å². The summed E-state index contributed by atoms with van der Waals surface area (Å²) in [6.45, 7) is 11.5. The molecular formula is C34H48FN7O6S. The van der Waals surface area contributed by atoms with Crippen LogP contribution in [-0.2, 0) is 20.4 Å². The average molecular weight is 702 g/mol. The van der Waals surface area contributed by atoms with E-state index < -0.39 is 16.7 Å². The summed E-state index contributed by atoms with van der Waals surface area (Å²) in [6.07, 6.45) is 8.79. The Balaban J connectivity index is 0.940. The zero-order valence-corrected chi connectivity index (χ0v) is 29.3. The normalized spacial score (nSPS) is 25.9. The molecule has 1 amide bonds. The number of hydrogen-bond donors (Lipinski definition) is 1. The highest BCUT2D eigenvalue weighted by molar-refractivity contribution is 7.69. The van der Waals surface area contributed by atoms with Crippen molar-refractivity contribution in [1.29, 1.82) is 0 Å². The molecule has 15 heteroatoms. The van der Waals surface area contributed by atoms with Crippen LogP contribution in [0.4, 0.5) is 10.2 Å². The van der Waals surface area contributed by atoms with Gasteiger partial charge >= 0.3 is 0 Å². The number of aromatic nitrogens is 2. The first-order chi connectivity index (χ1) is 23.7. The molecule has 1 aromatic carbocycles. The van der Waals surface area contributed by atoms with Gasteiger partial charge in [0.05, 0.1) is 43.2 Å². The predicted octanol–water partition coefficient (Wildman–Crippen LogP) is 2.95. The quantitative estimate of drug-likeness (QED) is 0.349. The lowest BCUT2D eigenvalue weighted by Crippen LogP contribution is -2.61. The molecule has 7 rings (SSSR count). The first kappa shape index (κ1) is 34.5. The van der Waals surface area contributed by atoms with Crippen LogP contribution in [0.3, 0.4) is 0 Å². The van der Waals surface area contributed by atoms with Gasteiger partial charge in [-0.25, -0.2) is 27.8 Å². The highest BCUT2D eigenvalue weighted by Gasteiger charge is 2.46. The molecule has 268 valence electrons. The molecule has 1 spiro atoms. The van der Waals surface area contributed by atoms with E-state index in [1.54, 1.807) is 11.1 Å². The zero-order valence-electron chi connectivity index (χ0n) is 28.4. The molecule has 49 heavy (non-hydrogen) atoms. The van der Waals surface area contributed by atoms with Gasteiger partial charge in [0.25, 0.3) is 5.91 Å². The van der Waals surface area contributed by atoms with Crippen LogP contribution in [0.2, 0.25) is 0 Å². The summed E-state index contributed by atoms with van der Waals surface area (Å²) in [7, 11) is -2.65. The summed E-state index contributed by atoms with van der Waals surface area (Å²) in [4.78, 5) is 29.0. The molecule has 1 aromatic heterocycles. The maximum Gasteiger partial charge on any atom is 0.258 e. The Labute approximate surface area is 289 Å². The lowest BCUT2D eigenvalue weighted by atomic mass is 9.72. The Kier molecular flexibility index (Phi) is 10.4. The van der Waals surface area contributed by atoms with E-state index in [1.807, 2.05) is 18.9 Å². The number of amides is 1. The van der Waals surface area contributed by atoms with Crippen molar-refractivity contribution in [2.45, 2.75) is 76.6 Å². The molecular weight excluding hydrogens is 653 g/mol. The number of carbonyl (C=O) groups excluding carboxylic acids is 1. The Morgan fingerprint density at radius 1 is 1.08 bits per heavy atom. The number of benzene rings is 1. The highest BCUT2D eigenvalue weighted by Crippen LogP contribution is 2.45. The molecule has 13 nitrogen and oxygen atoms in total. The van der Waals surface area contributed by atoms with Crippen molar-refractivity contribution in [3.8, 4) is 11.5 Å². The molecule has 0 bridgehead atoms. The third-order valence-electron chi connectivity index (χ3n) is 10.8. The van der Waals surface area contributed by atoms with E-state index >= 15 is 0 Å². The lowest BCUT2D eigenvalue weighted by Gasteiger charge is -2.54. The van der Waals surface area contributed by atoms with Crippen LogP contribution in [0.15, 0.2) is 30.7 Å². The molecule has 0 saturated carbocycles. The van der Waals surface area contributed by atoms with Gasteiger partial charge in [-0.05, 0) is 83.7 Å². The topological polar surface area (TPSA) is 121 Å². The molecule has 5 saturated heterocycles. The van der Waals surface area contributed by atoms with Crippen molar-refractivity contribution in [3.05, 3.63) is 42.1 Å². The van der Waals surface area contributed by atoms with Crippen LogP contribution >= 0.6 is 0 Å². The van der Waals surface area contributed by atoms with Crippen LogP contribution < -0.4 is 9.64 Å². The van der Waals surface area contributed by atoms with E-state index in [0.29, 0.717) is 31.4 Å². The van der Waals surface area contributed by atoms with Crippen LogP contribution in [0.25, 0.3) is 0 Å². The standard InChI is InChI=1S/C34H48FN7O6S/c1-24(2)41(26-8-15-46-19-26)33(43)29-16-25(35)4-7-30(29)48-31-17-36-23-37-32(31)39-21-34(22-39)9-13-38(14-10-34)18-28-6-5-27(20-47-28)42(49(44)45)40-11-3-12-40/h4,7,16-17,23-24,26-28,49H,3,5-6,8-15,18-22H2,1-2H3/t26-,27+,28-/m0/s1. The largest absolute Gasteiger partial charge is 0.451 e. The van der Waals surface area contributed by atoms with Crippen molar-refractivity contribution >= 4 is 22.6 Å². The van der Waals surface area contributed by atoms with E-state index in [1.165, 1.54) is 28.9 Å². The van der Waals surface area contributed by atoms with Gasteiger partial charge in [0.2, 0.25) is 10.9 Å². The van der Waals surface area contributed by atoms with Crippen LogP contribution in [0.1, 0.15) is 62.7 Å². The monoisotopic (exact) mass is 701 g/mol. The Bertz CT molecular complexity index is 1540. The molecule has 0 aliphatic carbocycles. The van der Waals surface area contributed by atoms with Crippen LogP contribution in [0.5, 0.6) is 11.5 Å². The Morgan fingerprint density at radius 2 is 1.88 bits per heavy atom. The molecule has 0 N–H and O–H groups in total. The summed E-state index contributed by atoms with van der Waals surface area (Å²) < 4.78 is 57.9. The third kappa shape index (κ3) is 7.42. The third-order valence-corrected chi connectivity index (χ3v) is 11.7. The number of likely N-dealkylation sites (tertiary alicyclic amines) is 1. The Hall–Kier alpha value is -2.95. The molecule has 6 heterocycles. The first-order valence-electron chi connectivity index (χ1n) is 17.6. The first-order valence-corrected chi connectivity index (χ1v) is 18.8. The second kappa shape index (κ2) is 14.7. The molecule has 2 aromatic rings. The molecule has 5 aliphatic rings. The average Bonchev–Trinajstić information content (AvgIpc) is 3.58. The number of halogens is 1. The minimum Gasteiger partial charge on any atom is -0.451 e. The lowest BCUT2D eigenvalue weighted by molar-refractivity contribution is -0.0974. The maximum atomic E-state index is 14.5. The number of hydrogen-bond acceptors (Lipinski definition) is 11. The molecule has 0 radical (unpaired) electrons. The fourth-order valence-corrected chi connectivity index (χ4v) is 8.85. The maximum absolute atomic E-state index is 14.5. The van der Waals surface area contributed by atoms with E-state index in [0.717, 1.165) is 84.3 Å². The number of anilines is 1. The highest BCUT2D eigenvalue weighted by atomic mass is 32.2. The van der Waals surface area contributed by atoms with Crippen molar-refractivity contribution in [1.82, 2.24) is 29.2 Å². The predicted molar refractivity (Wildman–Crippen MR) is 180 cm³/mol. The summed E-state index contributed by atoms with van der Waals surface area (Å²) in [5.74, 6) is 0.556. The number of piperidine rings is 1. The SMILES string of the molecule is CC(C)N(C(=O)c1cc(F)ccc1Oc1cncnc1N1CC2(CCN(C[C@@H]3CC[C@@H](N(N4CCC4)[SH](=O)=O)CO3)CC2)C1)[C@H]1CCOC1. The van der Waals surface area contributed by atoms with E-state index in [2.05, 4.69) is 19.8 Å². The van der Waals surface area contributed by atoms with Crippen LogP contribution in [0, 0.1) is 11.2 Å². The van der Waals surface area contributed by atoms with Gasteiger partial charge < -0.3 is 28.9 Å². The van der Waals surface area contributed by atoms with Gasteiger partial charge in [-0.15, -0.1) is 4.41 Å². The van der Waals surface area contributed by atoms with Crippen molar-refractivity contribution in [2.24, 2.45) is 5.41 Å². The smallest absolute Gasteiger partial charge is 0.258 e. The second-order valence-electron chi connectivity index (χ2n) is 14.5. The Morgan fingerprint density at radius 3 is 2.51 bits per heavy atom. The van der Waals surface area contributed by atoms with E-state index in [9.17, 15) is 17.6 Å². The number of ether oxygens (including phenoxy) is 3. The van der Waals surface area contributed by atoms with E-state index in [4.69, 9.17) is 14.2 Å². The van der Waals surface area contributed by atoms with Crippen molar-refractivity contribution < 1.29 is 31.8 Å². The fraction of sp³-hybridized carbons (Fsp3) is 0.676. The number of hydrazine groups is 1. The van der Waals surface area contributed by atoms with Gasteiger partial charge in [-0.3, -0.25) is 4.79 Å². The van der Waals surface area contributed by atoms with Gasteiger partial charge in [0, 0.05) is 50.8 Å². The summed E-state index contributed by atoms with van der Waals surface area (Å²) in [6, 6.07) is 3.77. The van der Waals surface area contributed by atoms with Crippen LogP contribution in [-0.4, -0.2) is 133 Å². The van der Waals surface area contributed by atoms with Gasteiger partial charge in [0.1, 0.15) is 17.9 Å². The van der Waals surface area contributed by atoms with Crippen molar-refractivity contribution in [3.63, 3.8) is 0 Å². The fourth-order valence-electron chi connectivity index (χ4n) is 8.02. The van der Waals surface area contributed by atoms with E-state index in [-0.39, 0.29) is 46.9 Å². The van der Waals surface area contributed by atoms with Crippen molar-refractivity contribution in [2.75, 3.05) is 70.5 Å². The number of rotatable bonds is 11. The zero-order chi connectivity index (χ0) is 34.1. The minimum absolute atomic E-state index is 0.0746. The summed E-state index contributed by atoms with van der Waals surface area (Å²) in [5.41, 5.74) is 0.349. The summed E-state index contributed by atoms with van der Waals surface area (Å²) >= 11 is 0. The summed E-state index contributed by atoms with van der Waals surface area (Å²) in [5, 5.41) is 1.91. The minimum atomic E-state index is -2.65. The number of thiol groups is 1. The number of carbonyl (C=O) groups is 1. The molecule has 0 unspecified atom stereocenters. The molecule has 5 fully saturated rings. The number of nitrogens with zero attached hydrogens (tertiary/aromatic N) is 7. The molecule has 5 aliphatic heterocycles.